The second-order valence-electron chi connectivity index (χ2n) is 4.40. The van der Waals surface area contributed by atoms with E-state index in [1.807, 2.05) is 42.1 Å². The predicted molar refractivity (Wildman–Crippen MR) is 77.3 cm³/mol. The van der Waals surface area contributed by atoms with Gasteiger partial charge in [0, 0.05) is 37.3 Å². The van der Waals surface area contributed by atoms with Crippen molar-refractivity contribution in [3.05, 3.63) is 48.0 Å². The standard InChI is InChI=1S/C14H17N3OS/c1-17-9-8-15-13(17)6-7-16-14(18)10-11-2-4-12(19)5-3-11/h2-5,8-9,19H,6-7,10H2,1H3,(H,16,18). The Labute approximate surface area is 118 Å². The molecule has 0 aliphatic rings. The van der Waals surface area contributed by atoms with Gasteiger partial charge in [-0.1, -0.05) is 12.1 Å². The number of aromatic nitrogens is 2. The molecule has 1 heterocycles. The minimum Gasteiger partial charge on any atom is -0.355 e. The summed E-state index contributed by atoms with van der Waals surface area (Å²) in [5, 5.41) is 2.90. The van der Waals surface area contributed by atoms with Crippen LogP contribution < -0.4 is 5.32 Å². The van der Waals surface area contributed by atoms with E-state index >= 15 is 0 Å². The van der Waals surface area contributed by atoms with Gasteiger partial charge in [0.15, 0.2) is 0 Å². The van der Waals surface area contributed by atoms with Crippen LogP contribution in [0.5, 0.6) is 0 Å². The van der Waals surface area contributed by atoms with Gasteiger partial charge in [-0.2, -0.15) is 0 Å². The number of rotatable bonds is 5. The summed E-state index contributed by atoms with van der Waals surface area (Å²) in [7, 11) is 1.95. The lowest BCUT2D eigenvalue weighted by Crippen LogP contribution is -2.27. The number of nitrogens with zero attached hydrogens (tertiary/aromatic N) is 2. The average molecular weight is 275 g/mol. The van der Waals surface area contributed by atoms with Crippen LogP contribution in [-0.4, -0.2) is 22.0 Å². The van der Waals surface area contributed by atoms with E-state index in [0.29, 0.717) is 13.0 Å². The Hall–Kier alpha value is -1.75. The highest BCUT2D eigenvalue weighted by Gasteiger charge is 2.04. The molecule has 0 unspecified atom stereocenters. The fourth-order valence-corrected chi connectivity index (χ4v) is 1.96. The van der Waals surface area contributed by atoms with Crippen LogP contribution in [0.4, 0.5) is 0 Å². The molecule has 0 bridgehead atoms. The van der Waals surface area contributed by atoms with Gasteiger partial charge >= 0.3 is 0 Å². The van der Waals surface area contributed by atoms with Gasteiger partial charge in [-0.05, 0) is 17.7 Å². The van der Waals surface area contributed by atoms with E-state index in [1.165, 1.54) is 0 Å². The lowest BCUT2D eigenvalue weighted by Gasteiger charge is -2.05. The molecular weight excluding hydrogens is 258 g/mol. The number of amides is 1. The topological polar surface area (TPSA) is 46.9 Å². The van der Waals surface area contributed by atoms with Crippen molar-refractivity contribution in [3.8, 4) is 0 Å². The first-order chi connectivity index (χ1) is 9.15. The van der Waals surface area contributed by atoms with E-state index in [-0.39, 0.29) is 5.91 Å². The summed E-state index contributed by atoms with van der Waals surface area (Å²) in [6, 6.07) is 7.61. The van der Waals surface area contributed by atoms with Crippen molar-refractivity contribution >= 4 is 18.5 Å². The van der Waals surface area contributed by atoms with Gasteiger partial charge in [0.2, 0.25) is 5.91 Å². The molecule has 2 rings (SSSR count). The van der Waals surface area contributed by atoms with Crippen LogP contribution >= 0.6 is 12.6 Å². The van der Waals surface area contributed by atoms with E-state index in [0.717, 1.165) is 22.7 Å². The summed E-state index contributed by atoms with van der Waals surface area (Å²) < 4.78 is 1.96. The maximum atomic E-state index is 11.8. The molecule has 4 nitrogen and oxygen atoms in total. The van der Waals surface area contributed by atoms with Crippen LogP contribution in [0.25, 0.3) is 0 Å². The Morgan fingerprint density at radius 3 is 2.74 bits per heavy atom. The SMILES string of the molecule is Cn1ccnc1CCNC(=O)Cc1ccc(S)cc1. The number of benzene rings is 1. The maximum absolute atomic E-state index is 11.8. The van der Waals surface area contributed by atoms with E-state index in [4.69, 9.17) is 0 Å². The lowest BCUT2D eigenvalue weighted by molar-refractivity contribution is -0.120. The average Bonchev–Trinajstić information content (AvgIpc) is 2.78. The molecule has 0 fully saturated rings. The molecular formula is C14H17N3OS. The Morgan fingerprint density at radius 2 is 2.11 bits per heavy atom. The van der Waals surface area contributed by atoms with Crippen LogP contribution in [0.2, 0.25) is 0 Å². The molecule has 1 aromatic carbocycles. The van der Waals surface area contributed by atoms with Gasteiger partial charge < -0.3 is 9.88 Å². The van der Waals surface area contributed by atoms with Gasteiger partial charge in [-0.15, -0.1) is 12.6 Å². The van der Waals surface area contributed by atoms with Crippen molar-refractivity contribution in [3.63, 3.8) is 0 Å². The molecule has 0 spiro atoms. The van der Waals surface area contributed by atoms with E-state index in [1.54, 1.807) is 6.20 Å². The predicted octanol–water partition coefficient (Wildman–Crippen LogP) is 1.61. The minimum absolute atomic E-state index is 0.0288. The van der Waals surface area contributed by atoms with Crippen LogP contribution in [0.15, 0.2) is 41.6 Å². The molecule has 1 aromatic heterocycles. The largest absolute Gasteiger partial charge is 0.355 e. The van der Waals surface area contributed by atoms with Crippen molar-refractivity contribution in [2.45, 2.75) is 17.7 Å². The summed E-state index contributed by atoms with van der Waals surface area (Å²) in [6.07, 6.45) is 4.80. The first-order valence-corrected chi connectivity index (χ1v) is 6.60. The van der Waals surface area contributed by atoms with Gasteiger partial charge in [0.25, 0.3) is 0 Å². The van der Waals surface area contributed by atoms with Crippen LogP contribution in [0, 0.1) is 0 Å². The first kappa shape index (κ1) is 13.7. The molecule has 0 aliphatic carbocycles. The zero-order valence-corrected chi connectivity index (χ0v) is 11.7. The van der Waals surface area contributed by atoms with Gasteiger partial charge in [-0.3, -0.25) is 4.79 Å². The molecule has 0 saturated heterocycles. The zero-order valence-electron chi connectivity index (χ0n) is 10.8. The Morgan fingerprint density at radius 1 is 1.37 bits per heavy atom. The van der Waals surface area contributed by atoms with E-state index in [2.05, 4.69) is 22.9 Å². The highest BCUT2D eigenvalue weighted by atomic mass is 32.1. The number of hydrogen-bond donors (Lipinski definition) is 2. The Bertz CT molecular complexity index is 548. The van der Waals surface area contributed by atoms with Gasteiger partial charge in [0.05, 0.1) is 6.42 Å². The van der Waals surface area contributed by atoms with Gasteiger partial charge in [0.1, 0.15) is 5.82 Å². The molecule has 0 aliphatic heterocycles. The Balaban J connectivity index is 1.76. The van der Waals surface area contributed by atoms with Gasteiger partial charge in [-0.25, -0.2) is 4.98 Å². The molecule has 0 atom stereocenters. The van der Waals surface area contributed by atoms with Crippen LogP contribution in [0.1, 0.15) is 11.4 Å². The number of nitrogens with one attached hydrogen (secondary N) is 1. The Kier molecular flexibility index (Phi) is 4.63. The summed E-state index contributed by atoms with van der Waals surface area (Å²) in [5.74, 6) is 1.00. The number of aryl methyl sites for hydroxylation is 1. The van der Waals surface area contributed by atoms with E-state index < -0.39 is 0 Å². The first-order valence-electron chi connectivity index (χ1n) is 6.16. The van der Waals surface area contributed by atoms with Crippen molar-refractivity contribution in [2.24, 2.45) is 7.05 Å². The van der Waals surface area contributed by atoms with Crippen molar-refractivity contribution in [1.29, 1.82) is 0 Å². The minimum atomic E-state index is 0.0288. The highest BCUT2D eigenvalue weighted by molar-refractivity contribution is 7.80. The third kappa shape index (κ3) is 4.13. The maximum Gasteiger partial charge on any atom is 0.224 e. The van der Waals surface area contributed by atoms with Crippen LogP contribution in [0.3, 0.4) is 0 Å². The normalized spacial score (nSPS) is 10.4. The number of carbonyl (C=O) groups is 1. The second kappa shape index (κ2) is 6.43. The fourth-order valence-electron chi connectivity index (χ4n) is 1.81. The van der Waals surface area contributed by atoms with Crippen molar-refractivity contribution in [2.75, 3.05) is 6.54 Å². The molecule has 100 valence electrons. The lowest BCUT2D eigenvalue weighted by atomic mass is 10.1. The fraction of sp³-hybridized carbons (Fsp3) is 0.286. The molecule has 2 aromatic rings. The summed E-state index contributed by atoms with van der Waals surface area (Å²) in [5.41, 5.74) is 0.993. The third-order valence-electron chi connectivity index (χ3n) is 2.89. The molecule has 5 heteroatoms. The number of hydrogen-bond acceptors (Lipinski definition) is 3. The highest BCUT2D eigenvalue weighted by Crippen LogP contribution is 2.08. The van der Waals surface area contributed by atoms with Crippen molar-refractivity contribution < 1.29 is 4.79 Å². The molecule has 1 amide bonds. The molecule has 0 radical (unpaired) electrons. The summed E-state index contributed by atoms with van der Waals surface area (Å²) in [6.45, 7) is 0.605. The van der Waals surface area contributed by atoms with E-state index in [9.17, 15) is 4.79 Å². The number of thiol groups is 1. The molecule has 1 N–H and O–H groups in total. The second-order valence-corrected chi connectivity index (χ2v) is 4.91. The summed E-state index contributed by atoms with van der Waals surface area (Å²) in [4.78, 5) is 16.9. The van der Waals surface area contributed by atoms with Crippen LogP contribution in [-0.2, 0) is 24.7 Å². The molecule has 19 heavy (non-hydrogen) atoms. The monoisotopic (exact) mass is 275 g/mol. The summed E-state index contributed by atoms with van der Waals surface area (Å²) >= 11 is 4.21. The van der Waals surface area contributed by atoms with Crippen molar-refractivity contribution in [1.82, 2.24) is 14.9 Å². The smallest absolute Gasteiger partial charge is 0.224 e. The third-order valence-corrected chi connectivity index (χ3v) is 3.19. The zero-order chi connectivity index (χ0) is 13.7. The number of carbonyl (C=O) groups excluding carboxylic acids is 1. The quantitative estimate of drug-likeness (QED) is 0.814. The molecule has 0 saturated carbocycles. The number of imidazole rings is 1.